The van der Waals surface area contributed by atoms with E-state index >= 15 is 0 Å². The van der Waals surface area contributed by atoms with Crippen LogP contribution in [0.5, 0.6) is 11.5 Å². The predicted molar refractivity (Wildman–Crippen MR) is 113 cm³/mol. The summed E-state index contributed by atoms with van der Waals surface area (Å²) in [5.74, 6) is 0.236. The van der Waals surface area contributed by atoms with Crippen LogP contribution in [0.1, 0.15) is 44.7 Å². The zero-order valence-corrected chi connectivity index (χ0v) is 18.1. The second kappa shape index (κ2) is 9.69. The van der Waals surface area contributed by atoms with Gasteiger partial charge in [-0.25, -0.2) is 9.18 Å². The number of piperidine rings is 1. The van der Waals surface area contributed by atoms with Crippen LogP contribution in [0.25, 0.3) is 0 Å². The first-order valence-electron chi connectivity index (χ1n) is 10.3. The van der Waals surface area contributed by atoms with Gasteiger partial charge in [-0.15, -0.1) is 0 Å². The van der Waals surface area contributed by atoms with Gasteiger partial charge in [0.25, 0.3) is 0 Å². The molecule has 6 nitrogen and oxygen atoms in total. The topological polar surface area (TPSA) is 71.8 Å². The lowest BCUT2D eigenvalue weighted by Gasteiger charge is -2.33. The van der Waals surface area contributed by atoms with E-state index in [9.17, 15) is 9.18 Å². The van der Waals surface area contributed by atoms with Crippen LogP contribution in [0.15, 0.2) is 42.5 Å². The van der Waals surface area contributed by atoms with Crippen molar-refractivity contribution in [2.45, 2.75) is 51.9 Å². The fourth-order valence-electron chi connectivity index (χ4n) is 3.23. The number of carbonyl (C=O) groups excluding carboxylic acids is 1. The van der Waals surface area contributed by atoms with Crippen molar-refractivity contribution >= 4 is 6.09 Å². The maximum absolute atomic E-state index is 14.0. The van der Waals surface area contributed by atoms with Gasteiger partial charge in [-0.3, -0.25) is 0 Å². The number of hydrogen-bond donors (Lipinski definition) is 0. The molecule has 1 fully saturated rings. The molecular formula is C24H27FN2O4. The quantitative estimate of drug-likeness (QED) is 0.669. The molecule has 0 bridgehead atoms. The summed E-state index contributed by atoms with van der Waals surface area (Å²) < 4.78 is 31.0. The third-order valence-corrected chi connectivity index (χ3v) is 4.75. The minimum absolute atomic E-state index is 0.00539. The summed E-state index contributed by atoms with van der Waals surface area (Å²) in [6.45, 7) is 6.91. The number of rotatable bonds is 5. The Morgan fingerprint density at radius 1 is 1.19 bits per heavy atom. The number of ether oxygens (including phenoxy) is 3. The van der Waals surface area contributed by atoms with Gasteiger partial charge in [-0.05, 0) is 56.7 Å². The second-order valence-corrected chi connectivity index (χ2v) is 8.48. The molecule has 1 heterocycles. The Hall–Kier alpha value is -3.27. The van der Waals surface area contributed by atoms with Crippen LogP contribution in [0, 0.1) is 17.1 Å². The molecule has 7 heteroatoms. The van der Waals surface area contributed by atoms with Crippen LogP contribution < -0.4 is 9.47 Å². The van der Waals surface area contributed by atoms with Gasteiger partial charge < -0.3 is 19.1 Å². The molecule has 0 radical (unpaired) electrons. The Morgan fingerprint density at radius 3 is 2.58 bits per heavy atom. The van der Waals surface area contributed by atoms with Crippen molar-refractivity contribution in [1.82, 2.24) is 4.90 Å². The van der Waals surface area contributed by atoms with E-state index in [2.05, 4.69) is 0 Å². The summed E-state index contributed by atoms with van der Waals surface area (Å²) in [6.07, 6.45) is 1.15. The molecule has 2 aromatic carbocycles. The highest BCUT2D eigenvalue weighted by Gasteiger charge is 2.27. The first-order valence-corrected chi connectivity index (χ1v) is 10.3. The smallest absolute Gasteiger partial charge is 0.410 e. The molecule has 0 N–H and O–H groups in total. The van der Waals surface area contributed by atoms with E-state index in [0.29, 0.717) is 18.8 Å². The molecule has 1 saturated heterocycles. The maximum atomic E-state index is 14.0. The van der Waals surface area contributed by atoms with Crippen molar-refractivity contribution in [3.8, 4) is 17.6 Å². The molecule has 31 heavy (non-hydrogen) atoms. The number of nitriles is 1. The van der Waals surface area contributed by atoms with Crippen LogP contribution in [-0.4, -0.2) is 35.8 Å². The average molecular weight is 426 g/mol. The largest absolute Gasteiger partial charge is 0.490 e. The second-order valence-electron chi connectivity index (χ2n) is 8.48. The highest BCUT2D eigenvalue weighted by atomic mass is 19.1. The van der Waals surface area contributed by atoms with Gasteiger partial charge in [0.2, 0.25) is 0 Å². The van der Waals surface area contributed by atoms with Crippen LogP contribution >= 0.6 is 0 Å². The van der Waals surface area contributed by atoms with Crippen molar-refractivity contribution in [2.75, 3.05) is 13.1 Å². The van der Waals surface area contributed by atoms with Gasteiger partial charge in [0, 0.05) is 25.9 Å². The number of amides is 1. The molecule has 1 amide bonds. The minimum Gasteiger partial charge on any atom is -0.490 e. The fourth-order valence-corrected chi connectivity index (χ4v) is 3.23. The van der Waals surface area contributed by atoms with Gasteiger partial charge in [-0.1, -0.05) is 12.1 Å². The maximum Gasteiger partial charge on any atom is 0.410 e. The number of likely N-dealkylation sites (tertiary alicyclic amines) is 1. The minimum atomic E-state index is -0.566. The fraction of sp³-hybridized carbons (Fsp3) is 0.417. The number of halogens is 1. The molecule has 0 spiro atoms. The van der Waals surface area contributed by atoms with E-state index < -0.39 is 11.4 Å². The normalized spacial score (nSPS) is 14.6. The SMILES string of the molecule is CC(C)(C)OC(=O)N1CCC(Oc2cccc(COc3ccc(C#N)cc3F)c2)CC1. The highest BCUT2D eigenvalue weighted by molar-refractivity contribution is 5.68. The zero-order valence-electron chi connectivity index (χ0n) is 18.1. The Labute approximate surface area is 182 Å². The summed E-state index contributed by atoms with van der Waals surface area (Å²) in [5, 5.41) is 8.82. The van der Waals surface area contributed by atoms with E-state index in [0.717, 1.165) is 24.5 Å². The molecule has 3 rings (SSSR count). The average Bonchev–Trinajstić information content (AvgIpc) is 2.72. The number of benzene rings is 2. The predicted octanol–water partition coefficient (Wildman–Crippen LogP) is 5.05. The third-order valence-electron chi connectivity index (χ3n) is 4.75. The van der Waals surface area contributed by atoms with E-state index in [1.54, 1.807) is 4.90 Å². The summed E-state index contributed by atoms with van der Waals surface area (Å²) in [4.78, 5) is 13.9. The lowest BCUT2D eigenvalue weighted by atomic mass is 10.1. The molecule has 0 atom stereocenters. The van der Waals surface area contributed by atoms with Crippen molar-refractivity contribution in [3.63, 3.8) is 0 Å². The van der Waals surface area contributed by atoms with Gasteiger partial charge >= 0.3 is 6.09 Å². The Morgan fingerprint density at radius 2 is 1.94 bits per heavy atom. The Kier molecular flexibility index (Phi) is 7.01. The van der Waals surface area contributed by atoms with Crippen molar-refractivity contribution in [3.05, 3.63) is 59.4 Å². The van der Waals surface area contributed by atoms with Gasteiger partial charge in [-0.2, -0.15) is 5.26 Å². The molecule has 0 unspecified atom stereocenters. The molecule has 164 valence electrons. The Bertz CT molecular complexity index is 957. The number of carbonyl (C=O) groups is 1. The molecule has 1 aliphatic heterocycles. The number of nitrogens with zero attached hydrogens (tertiary/aromatic N) is 2. The molecule has 1 aliphatic rings. The standard InChI is InChI=1S/C24H27FN2O4/c1-24(2,3)31-23(28)27-11-9-19(10-12-27)30-20-6-4-5-18(13-20)16-29-22-8-7-17(15-26)14-21(22)25/h4-8,13-14,19H,9-12,16H2,1-3H3. The van der Waals surface area contributed by atoms with Gasteiger partial charge in [0.15, 0.2) is 11.6 Å². The monoisotopic (exact) mass is 426 g/mol. The molecule has 0 aliphatic carbocycles. The first kappa shape index (κ1) is 22.4. The van der Waals surface area contributed by atoms with Crippen LogP contribution in [0.4, 0.5) is 9.18 Å². The van der Waals surface area contributed by atoms with E-state index in [-0.39, 0.29) is 30.1 Å². The summed E-state index contributed by atoms with van der Waals surface area (Å²) in [7, 11) is 0. The van der Waals surface area contributed by atoms with Crippen molar-refractivity contribution in [1.29, 1.82) is 5.26 Å². The lowest BCUT2D eigenvalue weighted by Crippen LogP contribution is -2.44. The van der Waals surface area contributed by atoms with Crippen molar-refractivity contribution in [2.24, 2.45) is 0 Å². The number of hydrogen-bond acceptors (Lipinski definition) is 5. The molecular weight excluding hydrogens is 399 g/mol. The van der Waals surface area contributed by atoms with Gasteiger partial charge in [0.1, 0.15) is 24.1 Å². The lowest BCUT2D eigenvalue weighted by molar-refractivity contribution is 0.0126. The first-order chi connectivity index (χ1) is 14.7. The molecule has 0 aromatic heterocycles. The Balaban J connectivity index is 1.51. The molecule has 2 aromatic rings. The third kappa shape index (κ3) is 6.61. The summed E-state index contributed by atoms with van der Waals surface area (Å²) in [6, 6.07) is 13.5. The van der Waals surface area contributed by atoms with Crippen LogP contribution in [0.2, 0.25) is 0 Å². The van der Waals surface area contributed by atoms with Crippen LogP contribution in [0.3, 0.4) is 0 Å². The van der Waals surface area contributed by atoms with Gasteiger partial charge in [0.05, 0.1) is 11.6 Å². The summed E-state index contributed by atoms with van der Waals surface area (Å²) >= 11 is 0. The highest BCUT2D eigenvalue weighted by Crippen LogP contribution is 2.23. The molecule has 0 saturated carbocycles. The van der Waals surface area contributed by atoms with Crippen LogP contribution in [-0.2, 0) is 11.3 Å². The van der Waals surface area contributed by atoms with E-state index in [4.69, 9.17) is 19.5 Å². The van der Waals surface area contributed by atoms with E-state index in [1.165, 1.54) is 12.1 Å². The van der Waals surface area contributed by atoms with Crippen molar-refractivity contribution < 1.29 is 23.4 Å². The zero-order chi connectivity index (χ0) is 22.4. The summed E-state index contributed by atoms with van der Waals surface area (Å²) in [5.41, 5.74) is 0.582. The van der Waals surface area contributed by atoms with E-state index in [1.807, 2.05) is 51.1 Å².